The zero-order chi connectivity index (χ0) is 16.4. The van der Waals surface area contributed by atoms with Crippen molar-refractivity contribution in [3.05, 3.63) is 51.2 Å². The molecule has 120 valence electrons. The van der Waals surface area contributed by atoms with Crippen LogP contribution in [0.5, 0.6) is 0 Å². The average Bonchev–Trinajstić information content (AvgIpc) is 3.00. The minimum absolute atomic E-state index is 0.155. The highest BCUT2D eigenvalue weighted by Gasteiger charge is 2.20. The van der Waals surface area contributed by atoms with Gasteiger partial charge in [-0.15, -0.1) is 11.3 Å². The first kappa shape index (κ1) is 15.7. The normalized spacial score (nSPS) is 14.0. The Bertz CT molecular complexity index is 754. The summed E-state index contributed by atoms with van der Waals surface area (Å²) in [6.07, 6.45) is 1.33. The van der Waals surface area contributed by atoms with Crippen LogP contribution in [0.2, 0.25) is 0 Å². The van der Waals surface area contributed by atoms with Crippen molar-refractivity contribution < 1.29 is 14.7 Å². The second-order valence-corrected chi connectivity index (χ2v) is 6.52. The maximum Gasteiger partial charge on any atom is 0.346 e. The maximum absolute atomic E-state index is 11.7. The van der Waals surface area contributed by atoms with Gasteiger partial charge in [0, 0.05) is 32.2 Å². The van der Waals surface area contributed by atoms with E-state index in [2.05, 4.69) is 11.4 Å². The van der Waals surface area contributed by atoms with Gasteiger partial charge in [-0.2, -0.15) is 0 Å². The summed E-state index contributed by atoms with van der Waals surface area (Å²) in [6.45, 7) is 1.19. The van der Waals surface area contributed by atoms with E-state index in [0.717, 1.165) is 23.2 Å². The largest absolute Gasteiger partial charge is 0.477 e. The number of benzene rings is 1. The van der Waals surface area contributed by atoms with Gasteiger partial charge in [0.05, 0.1) is 0 Å². The first-order chi connectivity index (χ1) is 11.1. The van der Waals surface area contributed by atoms with E-state index in [1.165, 1.54) is 16.9 Å². The Kier molecular flexibility index (Phi) is 4.45. The zero-order valence-corrected chi connectivity index (χ0v) is 13.7. The lowest BCUT2D eigenvalue weighted by Gasteiger charge is -2.26. The number of nitrogens with zero attached hydrogens (tertiary/aromatic N) is 1. The molecule has 0 atom stereocenters. The molecule has 0 bridgehead atoms. The van der Waals surface area contributed by atoms with Crippen LogP contribution in [0.4, 0.5) is 5.69 Å². The first-order valence-electron chi connectivity index (χ1n) is 7.45. The molecule has 1 amide bonds. The monoisotopic (exact) mass is 330 g/mol. The van der Waals surface area contributed by atoms with Crippen LogP contribution in [-0.2, 0) is 24.3 Å². The topological polar surface area (TPSA) is 69.6 Å². The van der Waals surface area contributed by atoms with Crippen molar-refractivity contribution in [2.45, 2.75) is 25.9 Å². The van der Waals surface area contributed by atoms with E-state index in [-0.39, 0.29) is 5.91 Å². The van der Waals surface area contributed by atoms with E-state index in [1.807, 2.05) is 25.2 Å². The molecule has 1 aromatic carbocycles. The number of anilines is 1. The molecule has 5 nitrogen and oxygen atoms in total. The molecule has 3 rings (SSSR count). The molecule has 6 heteroatoms. The van der Waals surface area contributed by atoms with Gasteiger partial charge < -0.3 is 15.3 Å². The predicted molar refractivity (Wildman–Crippen MR) is 90.0 cm³/mol. The van der Waals surface area contributed by atoms with Crippen LogP contribution in [0.15, 0.2) is 29.6 Å². The molecule has 0 spiro atoms. The molecule has 0 unspecified atom stereocenters. The molecule has 0 saturated carbocycles. The lowest BCUT2D eigenvalue weighted by molar-refractivity contribution is -0.118. The summed E-state index contributed by atoms with van der Waals surface area (Å²) < 4.78 is 0. The van der Waals surface area contributed by atoms with Gasteiger partial charge in [-0.1, -0.05) is 12.1 Å². The summed E-state index contributed by atoms with van der Waals surface area (Å²) in [5.74, 6) is -0.722. The SMILES string of the molecule is CN1C(=O)CCc2cc(CNCc3ccsc3C(=O)O)ccc21. The van der Waals surface area contributed by atoms with E-state index in [0.29, 0.717) is 24.4 Å². The molecule has 2 heterocycles. The standard InChI is InChI=1S/C17H18N2O3S/c1-19-14-4-2-11(8-12(14)3-5-15(19)20)9-18-10-13-6-7-23-16(13)17(21)22/h2,4,6-8,18H,3,5,9-10H2,1H3,(H,21,22). The molecule has 0 fully saturated rings. The highest BCUT2D eigenvalue weighted by Crippen LogP contribution is 2.27. The van der Waals surface area contributed by atoms with Crippen LogP contribution in [-0.4, -0.2) is 24.0 Å². The number of hydrogen-bond acceptors (Lipinski definition) is 4. The van der Waals surface area contributed by atoms with E-state index in [1.54, 1.807) is 10.3 Å². The number of carbonyl (C=O) groups is 2. The molecule has 0 radical (unpaired) electrons. The zero-order valence-electron chi connectivity index (χ0n) is 12.8. The summed E-state index contributed by atoms with van der Waals surface area (Å²) in [6, 6.07) is 7.95. The van der Waals surface area contributed by atoms with Crippen molar-refractivity contribution in [1.29, 1.82) is 0 Å². The maximum atomic E-state index is 11.7. The number of thiophene rings is 1. The third kappa shape index (κ3) is 3.28. The number of rotatable bonds is 5. The van der Waals surface area contributed by atoms with E-state index in [9.17, 15) is 9.59 Å². The van der Waals surface area contributed by atoms with Crippen LogP contribution < -0.4 is 10.2 Å². The lowest BCUT2D eigenvalue weighted by Crippen LogP contribution is -2.31. The van der Waals surface area contributed by atoms with Crippen molar-refractivity contribution in [1.82, 2.24) is 5.32 Å². The van der Waals surface area contributed by atoms with Crippen molar-refractivity contribution >= 4 is 28.9 Å². The van der Waals surface area contributed by atoms with Gasteiger partial charge in [0.1, 0.15) is 4.88 Å². The minimum Gasteiger partial charge on any atom is -0.477 e. The number of aromatic carboxylic acids is 1. The van der Waals surface area contributed by atoms with Gasteiger partial charge in [-0.25, -0.2) is 4.79 Å². The van der Waals surface area contributed by atoms with Gasteiger partial charge in [-0.05, 0) is 40.6 Å². The number of carboxylic acid groups (broad SMARTS) is 1. The number of nitrogens with one attached hydrogen (secondary N) is 1. The summed E-state index contributed by atoms with van der Waals surface area (Å²) in [7, 11) is 1.81. The molecule has 2 aromatic rings. The Morgan fingerprint density at radius 2 is 2.13 bits per heavy atom. The summed E-state index contributed by atoms with van der Waals surface area (Å²) in [5, 5.41) is 14.2. The summed E-state index contributed by atoms with van der Waals surface area (Å²) in [5.41, 5.74) is 4.12. The van der Waals surface area contributed by atoms with Gasteiger partial charge in [0.2, 0.25) is 5.91 Å². The quantitative estimate of drug-likeness (QED) is 0.884. The third-order valence-corrected chi connectivity index (χ3v) is 5.02. The highest BCUT2D eigenvalue weighted by molar-refractivity contribution is 7.12. The number of aryl methyl sites for hydroxylation is 1. The predicted octanol–water partition coefficient (Wildman–Crippen LogP) is 2.65. The van der Waals surface area contributed by atoms with E-state index >= 15 is 0 Å². The molecule has 2 N–H and O–H groups in total. The molecule has 1 aromatic heterocycles. The van der Waals surface area contributed by atoms with E-state index < -0.39 is 5.97 Å². The lowest BCUT2D eigenvalue weighted by atomic mass is 9.99. The van der Waals surface area contributed by atoms with Gasteiger partial charge in [0.15, 0.2) is 0 Å². The second-order valence-electron chi connectivity index (χ2n) is 5.60. The van der Waals surface area contributed by atoms with Gasteiger partial charge in [-0.3, -0.25) is 4.79 Å². The fraction of sp³-hybridized carbons (Fsp3) is 0.294. The van der Waals surface area contributed by atoms with Crippen molar-refractivity contribution in [3.8, 4) is 0 Å². The van der Waals surface area contributed by atoms with Crippen molar-refractivity contribution in [2.24, 2.45) is 0 Å². The Morgan fingerprint density at radius 3 is 2.91 bits per heavy atom. The van der Waals surface area contributed by atoms with Crippen LogP contribution in [0.25, 0.3) is 0 Å². The Hall–Kier alpha value is -2.18. The Morgan fingerprint density at radius 1 is 1.30 bits per heavy atom. The summed E-state index contributed by atoms with van der Waals surface area (Å²) in [4.78, 5) is 24.9. The highest BCUT2D eigenvalue weighted by atomic mass is 32.1. The second kappa shape index (κ2) is 6.52. The van der Waals surface area contributed by atoms with Crippen LogP contribution >= 0.6 is 11.3 Å². The molecule has 23 heavy (non-hydrogen) atoms. The van der Waals surface area contributed by atoms with Crippen molar-refractivity contribution in [3.63, 3.8) is 0 Å². The molecule has 0 aliphatic carbocycles. The molecule has 1 aliphatic heterocycles. The number of carboxylic acids is 1. The smallest absolute Gasteiger partial charge is 0.346 e. The summed E-state index contributed by atoms with van der Waals surface area (Å²) >= 11 is 1.25. The van der Waals surface area contributed by atoms with Gasteiger partial charge >= 0.3 is 5.97 Å². The minimum atomic E-state index is -0.877. The average molecular weight is 330 g/mol. The molecule has 0 saturated heterocycles. The Labute approximate surface area is 138 Å². The Balaban J connectivity index is 1.64. The van der Waals surface area contributed by atoms with Crippen LogP contribution in [0.3, 0.4) is 0 Å². The number of hydrogen-bond donors (Lipinski definition) is 2. The van der Waals surface area contributed by atoms with Crippen LogP contribution in [0, 0.1) is 0 Å². The van der Waals surface area contributed by atoms with Crippen molar-refractivity contribution in [2.75, 3.05) is 11.9 Å². The molecular weight excluding hydrogens is 312 g/mol. The fourth-order valence-corrected chi connectivity index (χ4v) is 3.58. The van der Waals surface area contributed by atoms with Crippen LogP contribution in [0.1, 0.15) is 32.8 Å². The molecule has 1 aliphatic rings. The van der Waals surface area contributed by atoms with Gasteiger partial charge in [0.25, 0.3) is 0 Å². The first-order valence-corrected chi connectivity index (χ1v) is 8.33. The fourth-order valence-electron chi connectivity index (χ4n) is 2.82. The number of carbonyl (C=O) groups excluding carboxylic acids is 1. The molecular formula is C17H18N2O3S. The third-order valence-electron chi connectivity index (χ3n) is 4.07. The number of amides is 1. The number of fused-ring (bicyclic) bond motifs is 1. The van der Waals surface area contributed by atoms with E-state index in [4.69, 9.17) is 5.11 Å².